The quantitative estimate of drug-likeness (QED) is 0.211. The van der Waals surface area contributed by atoms with Crippen molar-refractivity contribution >= 4 is 40.6 Å². The zero-order valence-corrected chi connectivity index (χ0v) is 25.6. The number of benzene rings is 3. The average Bonchev–Trinajstić information content (AvgIpc) is 3.63. The minimum atomic E-state index is -4.78. The predicted octanol–water partition coefficient (Wildman–Crippen LogP) is 7.33. The topological polar surface area (TPSA) is 106 Å². The molecule has 1 aliphatic rings. The van der Waals surface area contributed by atoms with E-state index in [0.29, 0.717) is 28.3 Å². The molecular weight excluding hydrogens is 619 g/mol. The van der Waals surface area contributed by atoms with E-state index in [1.54, 1.807) is 24.3 Å². The van der Waals surface area contributed by atoms with E-state index in [-0.39, 0.29) is 34.3 Å². The first kappa shape index (κ1) is 32.0. The summed E-state index contributed by atoms with van der Waals surface area (Å²) in [6.45, 7) is 13.5. The standard InChI is InChI=1S/C32H26F3N7O3S/c1-19(2)25-14-5-20(3)15-26(25)42-28(43)17-46-31(42)39-30(44)38-27(36-4)16-21-6-8-22(9-7-21)29-37-18-41(40-29)23-10-12-24(13-11-23)45-32(33,34)35/h5-16,18-19H,17H2,1-3H3,(H,38,44)/b27-16+,39-31?. The minimum absolute atomic E-state index is 0.0678. The first-order chi connectivity index (χ1) is 21.9. The molecule has 14 heteroatoms. The third kappa shape index (κ3) is 7.62. The highest BCUT2D eigenvalue weighted by molar-refractivity contribution is 8.15. The molecule has 1 aromatic heterocycles. The molecule has 5 rings (SSSR count). The lowest BCUT2D eigenvalue weighted by Gasteiger charge is -2.22. The van der Waals surface area contributed by atoms with Gasteiger partial charge in [0, 0.05) is 5.56 Å². The normalized spacial score (nSPS) is 14.6. The number of anilines is 1. The van der Waals surface area contributed by atoms with E-state index in [2.05, 4.69) is 30.0 Å². The summed E-state index contributed by atoms with van der Waals surface area (Å²) in [5.41, 5.74) is 4.34. The average molecular weight is 646 g/mol. The third-order valence-electron chi connectivity index (χ3n) is 6.67. The van der Waals surface area contributed by atoms with E-state index in [1.165, 1.54) is 46.3 Å². The fourth-order valence-corrected chi connectivity index (χ4v) is 5.40. The van der Waals surface area contributed by atoms with Gasteiger partial charge in [-0.05, 0) is 65.9 Å². The highest BCUT2D eigenvalue weighted by Gasteiger charge is 2.33. The fourth-order valence-electron chi connectivity index (χ4n) is 4.54. The number of halogens is 3. The zero-order valence-electron chi connectivity index (χ0n) is 24.7. The molecule has 0 atom stereocenters. The monoisotopic (exact) mass is 645 g/mol. The van der Waals surface area contributed by atoms with Crippen molar-refractivity contribution in [2.45, 2.75) is 33.1 Å². The Balaban J connectivity index is 1.28. The van der Waals surface area contributed by atoms with Crippen molar-refractivity contribution in [2.24, 2.45) is 4.99 Å². The van der Waals surface area contributed by atoms with E-state index in [4.69, 9.17) is 6.57 Å². The molecular formula is C32H26F3N7O3S. The number of thioether (sulfide) groups is 1. The fraction of sp³-hybridized carbons (Fsp3) is 0.188. The number of aliphatic imine (C=N–C) groups is 1. The zero-order chi connectivity index (χ0) is 33.0. The Morgan fingerprint density at radius 2 is 1.85 bits per heavy atom. The number of urea groups is 1. The van der Waals surface area contributed by atoms with Gasteiger partial charge in [0.15, 0.2) is 11.0 Å². The Labute approximate surface area is 266 Å². The molecule has 2 heterocycles. The molecule has 0 radical (unpaired) electrons. The largest absolute Gasteiger partial charge is 0.573 e. The van der Waals surface area contributed by atoms with E-state index < -0.39 is 12.4 Å². The van der Waals surface area contributed by atoms with Crippen LogP contribution >= 0.6 is 11.8 Å². The SMILES string of the molecule is [C-]#[N+]/C(=C\c1ccc(-c2ncn(-c3ccc(OC(F)(F)F)cc3)n2)cc1)NC(=O)N=C1SCC(=O)N1c1cc(C)ccc1C(C)C. The summed E-state index contributed by atoms with van der Waals surface area (Å²) in [6.07, 6.45) is -1.87. The highest BCUT2D eigenvalue weighted by Crippen LogP contribution is 2.34. The minimum Gasteiger partial charge on any atom is -0.406 e. The molecule has 0 bridgehead atoms. The predicted molar refractivity (Wildman–Crippen MR) is 169 cm³/mol. The molecule has 3 amide bonds. The smallest absolute Gasteiger partial charge is 0.406 e. The molecule has 234 valence electrons. The van der Waals surface area contributed by atoms with Crippen LogP contribution in [0.1, 0.15) is 36.5 Å². The number of carbonyl (C=O) groups is 2. The van der Waals surface area contributed by atoms with Gasteiger partial charge in [0.05, 0.1) is 17.1 Å². The number of nitrogens with zero attached hydrogens (tertiary/aromatic N) is 6. The molecule has 0 unspecified atom stereocenters. The van der Waals surface area contributed by atoms with E-state index in [1.807, 2.05) is 39.0 Å². The Bertz CT molecular complexity index is 1880. The second kappa shape index (κ2) is 13.3. The number of aryl methyl sites for hydroxylation is 1. The second-order valence-electron chi connectivity index (χ2n) is 10.4. The van der Waals surface area contributed by atoms with Crippen molar-refractivity contribution in [2.75, 3.05) is 10.7 Å². The molecule has 0 aliphatic carbocycles. The molecule has 1 saturated heterocycles. The number of hydrogen-bond acceptors (Lipinski definition) is 6. The van der Waals surface area contributed by atoms with Crippen LogP contribution in [0.2, 0.25) is 0 Å². The summed E-state index contributed by atoms with van der Waals surface area (Å²) in [7, 11) is 0. The Hall–Kier alpha value is -5.42. The van der Waals surface area contributed by atoms with Crippen molar-refractivity contribution in [1.82, 2.24) is 20.1 Å². The van der Waals surface area contributed by atoms with Crippen molar-refractivity contribution in [3.05, 3.63) is 107 Å². The van der Waals surface area contributed by atoms with E-state index >= 15 is 0 Å². The van der Waals surface area contributed by atoms with Crippen molar-refractivity contribution < 1.29 is 27.5 Å². The Morgan fingerprint density at radius 1 is 1.13 bits per heavy atom. The molecule has 0 spiro atoms. The van der Waals surface area contributed by atoms with Crippen LogP contribution in [0.15, 0.2) is 83.9 Å². The first-order valence-corrected chi connectivity index (χ1v) is 14.8. The number of hydrogen-bond donors (Lipinski definition) is 1. The van der Waals surface area contributed by atoms with Crippen LogP contribution in [0, 0.1) is 13.5 Å². The maximum Gasteiger partial charge on any atom is 0.573 e. The lowest BCUT2D eigenvalue weighted by molar-refractivity contribution is -0.274. The van der Waals surface area contributed by atoms with Crippen molar-refractivity contribution in [1.29, 1.82) is 0 Å². The number of rotatable bonds is 7. The van der Waals surface area contributed by atoms with Crippen LogP contribution in [0.25, 0.3) is 28.0 Å². The number of ether oxygens (including phenoxy) is 1. The van der Waals surface area contributed by atoms with Gasteiger partial charge in [-0.3, -0.25) is 15.0 Å². The van der Waals surface area contributed by atoms with Crippen LogP contribution < -0.4 is 15.0 Å². The molecule has 3 aromatic carbocycles. The number of amidine groups is 1. The third-order valence-corrected chi connectivity index (χ3v) is 7.59. The summed E-state index contributed by atoms with van der Waals surface area (Å²) in [5.74, 6) is 0.0505. The van der Waals surface area contributed by atoms with Crippen molar-refractivity contribution in [3.63, 3.8) is 0 Å². The lowest BCUT2D eigenvalue weighted by atomic mass is 9.99. The van der Waals surface area contributed by atoms with Gasteiger partial charge < -0.3 is 9.58 Å². The van der Waals surface area contributed by atoms with E-state index in [0.717, 1.165) is 22.9 Å². The van der Waals surface area contributed by atoms with Crippen LogP contribution in [0.5, 0.6) is 5.75 Å². The summed E-state index contributed by atoms with van der Waals surface area (Å²) in [5, 5.41) is 7.11. The molecule has 10 nitrogen and oxygen atoms in total. The van der Waals surface area contributed by atoms with Crippen LogP contribution in [-0.2, 0) is 4.79 Å². The molecule has 1 aliphatic heterocycles. The van der Waals surface area contributed by atoms with Crippen molar-refractivity contribution in [3.8, 4) is 22.8 Å². The second-order valence-corrected chi connectivity index (χ2v) is 11.3. The van der Waals surface area contributed by atoms with Crippen LogP contribution in [0.4, 0.5) is 23.7 Å². The van der Waals surface area contributed by atoms with Crippen LogP contribution in [0.3, 0.4) is 0 Å². The maximum absolute atomic E-state index is 12.9. The van der Waals surface area contributed by atoms with Crippen LogP contribution in [-0.4, -0.2) is 44.0 Å². The summed E-state index contributed by atoms with van der Waals surface area (Å²) >= 11 is 1.16. The molecule has 46 heavy (non-hydrogen) atoms. The molecule has 0 saturated carbocycles. The number of amides is 3. The molecule has 1 fully saturated rings. The first-order valence-electron chi connectivity index (χ1n) is 13.8. The van der Waals surface area contributed by atoms with Gasteiger partial charge in [-0.1, -0.05) is 68.6 Å². The summed E-state index contributed by atoms with van der Waals surface area (Å²) < 4.78 is 42.6. The van der Waals surface area contributed by atoms with Gasteiger partial charge in [0.25, 0.3) is 0 Å². The lowest BCUT2D eigenvalue weighted by Crippen LogP contribution is -2.32. The summed E-state index contributed by atoms with van der Waals surface area (Å²) in [6, 6.07) is 17.1. The number of aromatic nitrogens is 3. The number of nitrogens with one attached hydrogen (secondary N) is 1. The van der Waals surface area contributed by atoms with Gasteiger partial charge in [0.2, 0.25) is 11.7 Å². The highest BCUT2D eigenvalue weighted by atomic mass is 32.2. The van der Waals surface area contributed by atoms with Gasteiger partial charge >= 0.3 is 12.4 Å². The summed E-state index contributed by atoms with van der Waals surface area (Å²) in [4.78, 5) is 38.9. The Kier molecular flexibility index (Phi) is 9.24. The molecule has 1 N–H and O–H groups in total. The Morgan fingerprint density at radius 3 is 2.50 bits per heavy atom. The van der Waals surface area contributed by atoms with Gasteiger partial charge in [-0.25, -0.2) is 14.5 Å². The number of carbonyl (C=O) groups excluding carboxylic acids is 2. The van der Waals surface area contributed by atoms with Gasteiger partial charge in [0.1, 0.15) is 12.1 Å². The van der Waals surface area contributed by atoms with Gasteiger partial charge in [-0.15, -0.1) is 23.3 Å². The van der Waals surface area contributed by atoms with E-state index in [9.17, 15) is 22.8 Å². The number of alkyl halides is 3. The van der Waals surface area contributed by atoms with Gasteiger partial charge in [-0.2, -0.15) is 0 Å². The molecule has 4 aromatic rings. The maximum atomic E-state index is 12.9.